The Balaban J connectivity index is 2.26. The third-order valence-electron chi connectivity index (χ3n) is 4.60. The van der Waals surface area contributed by atoms with Crippen LogP contribution in [0.1, 0.15) is 11.1 Å². The molecule has 0 fully saturated rings. The Kier molecular flexibility index (Phi) is 7.86. The molecule has 2 aromatic carbocycles. The zero-order chi connectivity index (χ0) is 24.8. The van der Waals surface area contributed by atoms with Gasteiger partial charge in [0.2, 0.25) is 11.7 Å². The third kappa shape index (κ3) is 5.92. The van der Waals surface area contributed by atoms with Crippen molar-refractivity contribution in [2.45, 2.75) is 18.1 Å². The molecule has 0 radical (unpaired) electrons. The first kappa shape index (κ1) is 25.0. The molecule has 0 aliphatic carbocycles. The SMILES string of the molecule is COc1ccc(/C=C\C(=O)O[C@@H](C(=O)O)[C@@](O)(Cc2ccc(O)c(O)c2)C(=O)O)cc1OC. The number of aromatic hydroxyl groups is 2. The summed E-state index contributed by atoms with van der Waals surface area (Å²) >= 11 is 0. The van der Waals surface area contributed by atoms with Crippen molar-refractivity contribution >= 4 is 24.0 Å². The molecule has 0 heterocycles. The van der Waals surface area contributed by atoms with Gasteiger partial charge in [0.1, 0.15) is 0 Å². The zero-order valence-corrected chi connectivity index (χ0v) is 17.6. The number of carbonyl (C=O) groups is 3. The van der Waals surface area contributed by atoms with Gasteiger partial charge in [-0.3, -0.25) is 0 Å². The van der Waals surface area contributed by atoms with E-state index in [2.05, 4.69) is 0 Å². The number of esters is 1. The molecule has 0 saturated heterocycles. The Morgan fingerprint density at radius 3 is 2.18 bits per heavy atom. The Bertz CT molecular complexity index is 1080. The summed E-state index contributed by atoms with van der Waals surface area (Å²) in [7, 11) is 2.86. The van der Waals surface area contributed by atoms with E-state index in [1.165, 1.54) is 32.4 Å². The number of carboxylic acid groups (broad SMARTS) is 2. The molecule has 0 aromatic heterocycles. The molecule has 2 rings (SSSR count). The van der Waals surface area contributed by atoms with Crippen LogP contribution in [0.15, 0.2) is 42.5 Å². The van der Waals surface area contributed by atoms with Crippen molar-refractivity contribution in [2.24, 2.45) is 0 Å². The van der Waals surface area contributed by atoms with Crippen molar-refractivity contribution in [1.29, 1.82) is 0 Å². The van der Waals surface area contributed by atoms with E-state index in [1.54, 1.807) is 12.1 Å². The van der Waals surface area contributed by atoms with Gasteiger partial charge in [-0.15, -0.1) is 0 Å². The molecule has 0 saturated carbocycles. The van der Waals surface area contributed by atoms with Crippen LogP contribution in [0.2, 0.25) is 0 Å². The van der Waals surface area contributed by atoms with Gasteiger partial charge in [-0.1, -0.05) is 12.1 Å². The molecule has 0 aliphatic rings. The molecule has 0 amide bonds. The molecular weight excluding hydrogens is 440 g/mol. The van der Waals surface area contributed by atoms with Crippen LogP contribution in [0.25, 0.3) is 6.08 Å². The highest BCUT2D eigenvalue weighted by Crippen LogP contribution is 2.30. The quantitative estimate of drug-likeness (QED) is 0.194. The van der Waals surface area contributed by atoms with Crippen molar-refractivity contribution in [3.63, 3.8) is 0 Å². The predicted molar refractivity (Wildman–Crippen MR) is 112 cm³/mol. The number of aliphatic hydroxyl groups is 1. The molecule has 33 heavy (non-hydrogen) atoms. The van der Waals surface area contributed by atoms with Crippen molar-refractivity contribution < 1.29 is 54.1 Å². The number of methoxy groups -OCH3 is 2. The van der Waals surface area contributed by atoms with E-state index in [1.807, 2.05) is 0 Å². The molecule has 0 unspecified atom stereocenters. The van der Waals surface area contributed by atoms with E-state index in [4.69, 9.17) is 14.2 Å². The molecule has 0 bridgehead atoms. The van der Waals surface area contributed by atoms with Gasteiger partial charge in [-0.05, 0) is 41.5 Å². The Hall–Kier alpha value is -4.25. The maximum absolute atomic E-state index is 12.2. The van der Waals surface area contributed by atoms with E-state index < -0.39 is 47.5 Å². The normalized spacial score (nSPS) is 13.7. The molecular formula is C22H22O11. The van der Waals surface area contributed by atoms with Crippen molar-refractivity contribution in [3.05, 3.63) is 53.6 Å². The fourth-order valence-electron chi connectivity index (χ4n) is 2.90. The number of hydrogen-bond donors (Lipinski definition) is 5. The summed E-state index contributed by atoms with van der Waals surface area (Å²) in [4.78, 5) is 35.7. The van der Waals surface area contributed by atoms with Crippen molar-refractivity contribution in [2.75, 3.05) is 14.2 Å². The number of carboxylic acids is 2. The fraction of sp³-hybridized carbons (Fsp3) is 0.227. The second-order valence-corrected chi connectivity index (χ2v) is 6.83. The number of aliphatic carboxylic acids is 2. The highest BCUT2D eigenvalue weighted by Gasteiger charge is 2.51. The van der Waals surface area contributed by atoms with E-state index in [0.717, 1.165) is 18.2 Å². The van der Waals surface area contributed by atoms with Gasteiger partial charge in [-0.25, -0.2) is 14.4 Å². The van der Waals surface area contributed by atoms with Crippen LogP contribution >= 0.6 is 0 Å². The average Bonchev–Trinajstić information content (AvgIpc) is 2.77. The molecule has 5 N–H and O–H groups in total. The van der Waals surface area contributed by atoms with E-state index in [0.29, 0.717) is 17.1 Å². The van der Waals surface area contributed by atoms with Crippen molar-refractivity contribution in [1.82, 2.24) is 0 Å². The largest absolute Gasteiger partial charge is 0.504 e. The number of rotatable bonds is 10. The van der Waals surface area contributed by atoms with Crippen LogP contribution in [0.3, 0.4) is 0 Å². The van der Waals surface area contributed by atoms with Crippen LogP contribution in [-0.2, 0) is 25.5 Å². The molecule has 11 heteroatoms. The topological polar surface area (TPSA) is 180 Å². The minimum Gasteiger partial charge on any atom is -0.504 e. The summed E-state index contributed by atoms with van der Waals surface area (Å²) in [5.74, 6) is -5.41. The van der Waals surface area contributed by atoms with Crippen LogP contribution < -0.4 is 9.47 Å². The first-order chi connectivity index (χ1) is 15.5. The van der Waals surface area contributed by atoms with Crippen LogP contribution in [-0.4, -0.2) is 69.4 Å². The van der Waals surface area contributed by atoms with E-state index >= 15 is 0 Å². The standard InChI is InChI=1S/C22H22O11/c1-31-16-7-4-12(10-17(16)32-2)5-8-18(25)33-19(20(26)27)22(30,21(28)29)11-13-3-6-14(23)15(24)9-13/h3-10,19,23-24,30H,11H2,1-2H3,(H,26,27)(H,28,29)/b8-5-/t19-,22-/m0/s1. The lowest BCUT2D eigenvalue weighted by atomic mass is 9.88. The van der Waals surface area contributed by atoms with Gasteiger partial charge in [0.25, 0.3) is 0 Å². The first-order valence-corrected chi connectivity index (χ1v) is 9.32. The minimum atomic E-state index is -3.08. The van der Waals surface area contributed by atoms with Gasteiger partial charge in [-0.2, -0.15) is 0 Å². The summed E-state index contributed by atoms with van der Waals surface area (Å²) in [6, 6.07) is 7.81. The molecule has 176 valence electrons. The lowest BCUT2D eigenvalue weighted by molar-refractivity contribution is -0.192. The van der Waals surface area contributed by atoms with Crippen LogP contribution in [0, 0.1) is 0 Å². The maximum Gasteiger partial charge on any atom is 0.348 e. The van der Waals surface area contributed by atoms with Crippen molar-refractivity contribution in [3.8, 4) is 23.0 Å². The summed E-state index contributed by atoms with van der Waals surface area (Å²) in [5, 5.41) is 48.5. The Morgan fingerprint density at radius 2 is 1.64 bits per heavy atom. The van der Waals surface area contributed by atoms with Gasteiger partial charge in [0, 0.05) is 12.5 Å². The highest BCUT2D eigenvalue weighted by atomic mass is 16.6. The number of phenols is 2. The molecule has 2 atom stereocenters. The molecule has 0 aliphatic heterocycles. The van der Waals surface area contributed by atoms with Crippen LogP contribution in [0.5, 0.6) is 23.0 Å². The van der Waals surface area contributed by atoms with Crippen LogP contribution in [0.4, 0.5) is 0 Å². The summed E-state index contributed by atoms with van der Waals surface area (Å²) in [6.07, 6.45) is -1.22. The molecule has 0 spiro atoms. The number of phenolic OH excluding ortho intramolecular Hbond substituents is 2. The number of benzene rings is 2. The Morgan fingerprint density at radius 1 is 0.970 bits per heavy atom. The lowest BCUT2D eigenvalue weighted by Gasteiger charge is -2.29. The third-order valence-corrected chi connectivity index (χ3v) is 4.60. The predicted octanol–water partition coefficient (Wildman–Crippen LogP) is 1.18. The van der Waals surface area contributed by atoms with Gasteiger partial charge < -0.3 is 39.7 Å². The average molecular weight is 462 g/mol. The molecule has 2 aromatic rings. The van der Waals surface area contributed by atoms with Gasteiger partial charge >= 0.3 is 17.9 Å². The monoisotopic (exact) mass is 462 g/mol. The summed E-state index contributed by atoms with van der Waals surface area (Å²) in [6.45, 7) is 0. The number of ether oxygens (including phenoxy) is 3. The summed E-state index contributed by atoms with van der Waals surface area (Å²) < 4.78 is 15.0. The first-order valence-electron chi connectivity index (χ1n) is 9.32. The molecule has 11 nitrogen and oxygen atoms in total. The Labute approximate surface area is 187 Å². The summed E-state index contributed by atoms with van der Waals surface area (Å²) in [5.41, 5.74) is -2.65. The van der Waals surface area contributed by atoms with E-state index in [-0.39, 0.29) is 5.56 Å². The minimum absolute atomic E-state index is 0.0293. The van der Waals surface area contributed by atoms with Gasteiger partial charge in [0.05, 0.1) is 14.2 Å². The second kappa shape index (κ2) is 10.4. The smallest absolute Gasteiger partial charge is 0.348 e. The highest BCUT2D eigenvalue weighted by molar-refractivity contribution is 5.93. The number of hydrogen-bond acceptors (Lipinski definition) is 9. The second-order valence-electron chi connectivity index (χ2n) is 6.83. The zero-order valence-electron chi connectivity index (χ0n) is 17.6. The number of carbonyl (C=O) groups excluding carboxylic acids is 1. The van der Waals surface area contributed by atoms with Gasteiger partial charge in [0.15, 0.2) is 23.0 Å². The maximum atomic E-state index is 12.2. The van der Waals surface area contributed by atoms with E-state index in [9.17, 15) is 39.9 Å². The lowest BCUT2D eigenvalue weighted by Crippen LogP contribution is -2.56. The fourth-order valence-corrected chi connectivity index (χ4v) is 2.90.